The number of hydrogen-bond donors (Lipinski definition) is 1. The fourth-order valence-electron chi connectivity index (χ4n) is 3.80. The smallest absolute Gasteiger partial charge is 0.142 e. The molecule has 0 spiro atoms. The topological polar surface area (TPSA) is 65.9 Å². The number of nitrogens with zero attached hydrogens (tertiary/aromatic N) is 3. The van der Waals surface area contributed by atoms with Gasteiger partial charge in [0.05, 0.1) is 5.69 Å². The molecule has 0 radical (unpaired) electrons. The van der Waals surface area contributed by atoms with Crippen LogP contribution in [-0.4, -0.2) is 23.0 Å². The van der Waals surface area contributed by atoms with Crippen molar-refractivity contribution in [3.8, 4) is 17.2 Å². The number of nitrogen functional groups attached to an aromatic ring is 1. The van der Waals surface area contributed by atoms with Crippen LogP contribution in [0, 0.1) is 11.3 Å². The minimum Gasteiger partial charge on any atom is -0.383 e. The van der Waals surface area contributed by atoms with E-state index in [1.165, 1.54) is 0 Å². The SMILES string of the molecule is CCN1C/C(=C\c2ccc(Cl)cc2)c2nc(N)c(C#N)c(-c3ccc(Cl)cc3)c2C1. The minimum absolute atomic E-state index is 0.244. The Labute approximate surface area is 186 Å². The number of nitriles is 1. The molecular weight excluding hydrogens is 415 g/mol. The molecule has 4 rings (SSSR count). The Balaban J connectivity index is 1.96. The molecule has 0 unspecified atom stereocenters. The first kappa shape index (κ1) is 20.4. The molecule has 3 aromatic rings. The summed E-state index contributed by atoms with van der Waals surface area (Å²) in [6.07, 6.45) is 2.11. The fourth-order valence-corrected chi connectivity index (χ4v) is 4.05. The van der Waals surface area contributed by atoms with E-state index in [0.717, 1.165) is 46.6 Å². The monoisotopic (exact) mass is 434 g/mol. The summed E-state index contributed by atoms with van der Waals surface area (Å²) in [5, 5.41) is 11.2. The third-order valence-electron chi connectivity index (χ3n) is 5.31. The van der Waals surface area contributed by atoms with Crippen molar-refractivity contribution in [1.82, 2.24) is 9.88 Å². The number of halogens is 2. The van der Waals surface area contributed by atoms with Crippen molar-refractivity contribution in [1.29, 1.82) is 5.26 Å². The highest BCUT2D eigenvalue weighted by Crippen LogP contribution is 2.39. The van der Waals surface area contributed by atoms with Gasteiger partial charge in [-0.2, -0.15) is 5.26 Å². The van der Waals surface area contributed by atoms with E-state index < -0.39 is 0 Å². The van der Waals surface area contributed by atoms with Gasteiger partial charge >= 0.3 is 0 Å². The van der Waals surface area contributed by atoms with Gasteiger partial charge in [0, 0.05) is 34.3 Å². The first-order valence-electron chi connectivity index (χ1n) is 9.67. The van der Waals surface area contributed by atoms with E-state index >= 15 is 0 Å². The van der Waals surface area contributed by atoms with Crippen molar-refractivity contribution in [3.05, 3.63) is 81.0 Å². The zero-order chi connectivity index (χ0) is 21.3. The predicted octanol–water partition coefficient (Wildman–Crippen LogP) is 5.89. The van der Waals surface area contributed by atoms with Gasteiger partial charge in [-0.1, -0.05) is 54.4 Å². The molecule has 0 amide bonds. The average molecular weight is 435 g/mol. The van der Waals surface area contributed by atoms with Crippen molar-refractivity contribution in [2.45, 2.75) is 13.5 Å². The lowest BCUT2D eigenvalue weighted by molar-refractivity contribution is 0.307. The summed E-state index contributed by atoms with van der Waals surface area (Å²) in [5.41, 5.74) is 12.3. The Morgan fingerprint density at radius 3 is 2.30 bits per heavy atom. The quantitative estimate of drug-likeness (QED) is 0.558. The van der Waals surface area contributed by atoms with E-state index in [1.807, 2.05) is 48.5 Å². The molecule has 0 aliphatic carbocycles. The second kappa shape index (κ2) is 8.49. The fraction of sp³-hybridized carbons (Fsp3) is 0.167. The maximum atomic E-state index is 9.83. The molecule has 0 saturated carbocycles. The van der Waals surface area contributed by atoms with Crippen LogP contribution >= 0.6 is 23.2 Å². The second-order valence-corrected chi connectivity index (χ2v) is 8.09. The Morgan fingerprint density at radius 2 is 1.70 bits per heavy atom. The summed E-state index contributed by atoms with van der Waals surface area (Å²) >= 11 is 12.1. The minimum atomic E-state index is 0.244. The number of fused-ring (bicyclic) bond motifs is 1. The molecule has 1 aliphatic heterocycles. The van der Waals surface area contributed by atoms with Crippen molar-refractivity contribution >= 4 is 40.7 Å². The van der Waals surface area contributed by atoms with Crippen LogP contribution in [-0.2, 0) is 6.54 Å². The van der Waals surface area contributed by atoms with Crippen LogP contribution in [0.4, 0.5) is 5.82 Å². The van der Waals surface area contributed by atoms with E-state index in [2.05, 4.69) is 29.0 Å². The largest absolute Gasteiger partial charge is 0.383 e. The number of nitrogens with two attached hydrogens (primary N) is 1. The lowest BCUT2D eigenvalue weighted by atomic mass is 9.88. The summed E-state index contributed by atoms with van der Waals surface area (Å²) in [6.45, 7) is 4.46. The molecule has 0 bridgehead atoms. The summed E-state index contributed by atoms with van der Waals surface area (Å²) in [6, 6.07) is 17.5. The van der Waals surface area contributed by atoms with E-state index in [0.29, 0.717) is 22.2 Å². The van der Waals surface area contributed by atoms with E-state index in [4.69, 9.17) is 28.9 Å². The molecular formula is C24H20Cl2N4. The number of likely N-dealkylation sites (N-methyl/N-ethyl adjacent to an activating group) is 1. The predicted molar refractivity (Wildman–Crippen MR) is 124 cm³/mol. The van der Waals surface area contributed by atoms with Crippen LogP contribution in [0.1, 0.15) is 29.3 Å². The van der Waals surface area contributed by atoms with Gasteiger partial charge in [-0.25, -0.2) is 4.98 Å². The van der Waals surface area contributed by atoms with Crippen molar-refractivity contribution in [2.24, 2.45) is 0 Å². The van der Waals surface area contributed by atoms with Crippen molar-refractivity contribution < 1.29 is 0 Å². The Kier molecular flexibility index (Phi) is 5.78. The Hall–Kier alpha value is -2.84. The first-order chi connectivity index (χ1) is 14.5. The molecule has 6 heteroatoms. The second-order valence-electron chi connectivity index (χ2n) is 7.22. The highest BCUT2D eigenvalue weighted by molar-refractivity contribution is 6.30. The van der Waals surface area contributed by atoms with Gasteiger partial charge in [-0.15, -0.1) is 0 Å². The zero-order valence-corrected chi connectivity index (χ0v) is 18.0. The Bertz CT molecular complexity index is 1160. The van der Waals surface area contributed by atoms with Gasteiger partial charge in [0.25, 0.3) is 0 Å². The highest BCUT2D eigenvalue weighted by Gasteiger charge is 2.27. The molecule has 2 N–H and O–H groups in total. The molecule has 1 aromatic heterocycles. The summed E-state index contributed by atoms with van der Waals surface area (Å²) in [7, 11) is 0. The number of hydrogen-bond acceptors (Lipinski definition) is 4. The molecule has 0 atom stereocenters. The first-order valence-corrected chi connectivity index (χ1v) is 10.4. The van der Waals surface area contributed by atoms with E-state index in [1.54, 1.807) is 0 Å². The van der Waals surface area contributed by atoms with Crippen LogP contribution in [0.25, 0.3) is 22.8 Å². The van der Waals surface area contributed by atoms with E-state index in [9.17, 15) is 5.26 Å². The number of benzene rings is 2. The molecule has 2 aromatic carbocycles. The average Bonchev–Trinajstić information content (AvgIpc) is 2.75. The summed E-state index contributed by atoms with van der Waals surface area (Å²) < 4.78 is 0. The van der Waals surface area contributed by atoms with Gasteiger partial charge in [0.15, 0.2) is 0 Å². The number of anilines is 1. The zero-order valence-electron chi connectivity index (χ0n) is 16.5. The summed E-state index contributed by atoms with van der Waals surface area (Å²) in [5.74, 6) is 0.244. The Morgan fingerprint density at radius 1 is 1.07 bits per heavy atom. The standard InChI is InChI=1S/C24H20Cl2N4/c1-2-30-13-17(11-15-3-7-18(25)8-4-15)23-21(14-30)22(20(12-27)24(28)29-23)16-5-9-19(26)10-6-16/h3-11H,2,13-14H2,1H3,(H2,28,29)/b17-11+. The summed E-state index contributed by atoms with van der Waals surface area (Å²) in [4.78, 5) is 6.98. The molecule has 4 nitrogen and oxygen atoms in total. The third kappa shape index (κ3) is 3.93. The van der Waals surface area contributed by atoms with Crippen LogP contribution in [0.3, 0.4) is 0 Å². The molecule has 0 fully saturated rings. The molecule has 1 aliphatic rings. The maximum Gasteiger partial charge on any atom is 0.142 e. The lowest BCUT2D eigenvalue weighted by Crippen LogP contribution is -2.31. The normalized spacial score (nSPS) is 15.1. The molecule has 0 saturated heterocycles. The van der Waals surface area contributed by atoms with Crippen LogP contribution in [0.5, 0.6) is 0 Å². The third-order valence-corrected chi connectivity index (χ3v) is 5.81. The van der Waals surface area contributed by atoms with Crippen LogP contribution in [0.15, 0.2) is 48.5 Å². The highest BCUT2D eigenvalue weighted by atomic mass is 35.5. The van der Waals surface area contributed by atoms with Crippen LogP contribution in [0.2, 0.25) is 10.0 Å². The molecule has 150 valence electrons. The van der Waals surface area contributed by atoms with Gasteiger partial charge in [-0.05, 0) is 53.6 Å². The maximum absolute atomic E-state index is 9.83. The number of pyridine rings is 1. The van der Waals surface area contributed by atoms with Gasteiger partial charge in [0.1, 0.15) is 17.5 Å². The molecule has 30 heavy (non-hydrogen) atoms. The number of rotatable bonds is 3. The lowest BCUT2D eigenvalue weighted by Gasteiger charge is -2.31. The van der Waals surface area contributed by atoms with Gasteiger partial charge in [0.2, 0.25) is 0 Å². The van der Waals surface area contributed by atoms with E-state index in [-0.39, 0.29) is 5.82 Å². The van der Waals surface area contributed by atoms with Gasteiger partial charge < -0.3 is 5.73 Å². The van der Waals surface area contributed by atoms with Gasteiger partial charge in [-0.3, -0.25) is 4.90 Å². The van der Waals surface area contributed by atoms with Crippen molar-refractivity contribution in [2.75, 3.05) is 18.8 Å². The number of aromatic nitrogens is 1. The van der Waals surface area contributed by atoms with Crippen molar-refractivity contribution in [3.63, 3.8) is 0 Å². The van der Waals surface area contributed by atoms with Crippen LogP contribution < -0.4 is 5.73 Å². The molecule has 2 heterocycles.